The molecule has 0 saturated carbocycles. The molecule has 2 rings (SSSR count). The van der Waals surface area contributed by atoms with Crippen LogP contribution in [-0.2, 0) is 4.79 Å². The van der Waals surface area contributed by atoms with Gasteiger partial charge >= 0.3 is 5.97 Å². The molecule has 4 nitrogen and oxygen atoms in total. The van der Waals surface area contributed by atoms with Crippen LogP contribution >= 0.6 is 11.8 Å². The summed E-state index contributed by atoms with van der Waals surface area (Å²) < 4.78 is 13.3. The predicted octanol–water partition coefficient (Wildman–Crippen LogP) is 2.95. The Bertz CT molecular complexity index is 588. The zero-order valence-corrected chi connectivity index (χ0v) is 12.4. The molecule has 1 amide bonds. The Hall–Kier alpha value is -1.82. The highest BCUT2D eigenvalue weighted by Crippen LogP contribution is 2.28. The molecule has 1 aliphatic rings. The lowest BCUT2D eigenvalue weighted by atomic mass is 10.1. The number of benzene rings is 1. The van der Waals surface area contributed by atoms with E-state index < -0.39 is 11.2 Å². The minimum Gasteiger partial charge on any atom is -0.480 e. The van der Waals surface area contributed by atoms with Crippen molar-refractivity contribution in [3.05, 3.63) is 41.7 Å². The lowest BCUT2D eigenvalue weighted by Crippen LogP contribution is -2.35. The predicted molar refractivity (Wildman–Crippen MR) is 79.1 cm³/mol. The Morgan fingerprint density at radius 1 is 1.38 bits per heavy atom. The van der Waals surface area contributed by atoms with E-state index in [0.29, 0.717) is 23.4 Å². The van der Waals surface area contributed by atoms with Gasteiger partial charge in [0.1, 0.15) is 11.1 Å². The summed E-state index contributed by atoms with van der Waals surface area (Å²) >= 11 is 1.12. The summed E-state index contributed by atoms with van der Waals surface area (Å²) in [5.41, 5.74) is 0.422. The number of nitrogens with zero attached hydrogens (tertiary/aromatic N) is 1. The van der Waals surface area contributed by atoms with Gasteiger partial charge < -0.3 is 10.0 Å². The van der Waals surface area contributed by atoms with Crippen molar-refractivity contribution in [1.82, 2.24) is 4.90 Å². The summed E-state index contributed by atoms with van der Waals surface area (Å²) in [6, 6.07) is 6.84. The molecule has 0 bridgehead atoms. The molecule has 112 valence electrons. The molecule has 1 N–H and O–H groups in total. The van der Waals surface area contributed by atoms with Crippen molar-refractivity contribution in [2.45, 2.75) is 23.5 Å². The van der Waals surface area contributed by atoms with Crippen LogP contribution in [-0.4, -0.2) is 40.2 Å². The zero-order chi connectivity index (χ0) is 15.4. The number of hydrogen-bond donors (Lipinski definition) is 1. The van der Waals surface area contributed by atoms with Crippen molar-refractivity contribution in [3.8, 4) is 0 Å². The van der Waals surface area contributed by atoms with Crippen molar-refractivity contribution >= 4 is 23.6 Å². The molecule has 1 aliphatic heterocycles. The molecule has 1 aromatic carbocycles. The van der Waals surface area contributed by atoms with Gasteiger partial charge in [0.2, 0.25) is 0 Å². The van der Waals surface area contributed by atoms with Crippen molar-refractivity contribution in [1.29, 1.82) is 0 Å². The lowest BCUT2D eigenvalue weighted by molar-refractivity contribution is -0.136. The van der Waals surface area contributed by atoms with E-state index in [1.54, 1.807) is 31.2 Å². The Labute approximate surface area is 126 Å². The van der Waals surface area contributed by atoms with Crippen LogP contribution in [0, 0.1) is 0 Å². The van der Waals surface area contributed by atoms with Gasteiger partial charge in [0.15, 0.2) is 0 Å². The smallest absolute Gasteiger partial charge is 0.316 e. The van der Waals surface area contributed by atoms with Gasteiger partial charge in [0.25, 0.3) is 5.91 Å². The highest BCUT2D eigenvalue weighted by atomic mass is 32.2. The van der Waals surface area contributed by atoms with Crippen LogP contribution in [0.5, 0.6) is 0 Å². The SMILES string of the molecule is CC(Sc1ccccc1C(=O)N1CCC=C(F)C1)C(=O)O. The van der Waals surface area contributed by atoms with Gasteiger partial charge in [-0.05, 0) is 31.6 Å². The van der Waals surface area contributed by atoms with E-state index in [0.717, 1.165) is 11.8 Å². The Balaban J connectivity index is 2.21. The molecule has 1 atom stereocenters. The number of aliphatic carboxylic acids is 1. The Kier molecular flexibility index (Phi) is 5.01. The second-order valence-corrected chi connectivity index (χ2v) is 6.14. The monoisotopic (exact) mass is 309 g/mol. The van der Waals surface area contributed by atoms with Crippen LogP contribution in [0.1, 0.15) is 23.7 Å². The van der Waals surface area contributed by atoms with Gasteiger partial charge in [-0.3, -0.25) is 9.59 Å². The van der Waals surface area contributed by atoms with E-state index in [1.165, 1.54) is 11.0 Å². The number of carboxylic acid groups (broad SMARTS) is 1. The van der Waals surface area contributed by atoms with Crippen LogP contribution in [0.15, 0.2) is 41.1 Å². The van der Waals surface area contributed by atoms with Crippen LogP contribution < -0.4 is 0 Å². The van der Waals surface area contributed by atoms with Crippen LogP contribution in [0.2, 0.25) is 0 Å². The normalized spacial score (nSPS) is 16.3. The van der Waals surface area contributed by atoms with E-state index in [2.05, 4.69) is 0 Å². The van der Waals surface area contributed by atoms with Crippen LogP contribution in [0.4, 0.5) is 4.39 Å². The molecule has 0 aliphatic carbocycles. The van der Waals surface area contributed by atoms with Gasteiger partial charge in [-0.2, -0.15) is 0 Å². The minimum absolute atomic E-state index is 0.0215. The quantitative estimate of drug-likeness (QED) is 0.869. The summed E-state index contributed by atoms with van der Waals surface area (Å²) in [6.45, 7) is 2.02. The first-order chi connectivity index (χ1) is 9.99. The number of halogens is 1. The maximum Gasteiger partial charge on any atom is 0.316 e. The van der Waals surface area contributed by atoms with E-state index in [9.17, 15) is 14.0 Å². The molecule has 0 fully saturated rings. The maximum atomic E-state index is 13.3. The third-order valence-corrected chi connectivity index (χ3v) is 4.33. The van der Waals surface area contributed by atoms with Gasteiger partial charge in [-0.25, -0.2) is 4.39 Å². The molecule has 0 spiro atoms. The fourth-order valence-corrected chi connectivity index (χ4v) is 2.95. The Morgan fingerprint density at radius 3 is 2.76 bits per heavy atom. The highest BCUT2D eigenvalue weighted by Gasteiger charge is 2.23. The number of amides is 1. The standard InChI is InChI=1S/C15H16FNO3S/c1-10(15(19)20)21-13-7-3-2-6-12(13)14(18)17-8-4-5-11(16)9-17/h2-3,5-7,10H,4,8-9H2,1H3,(H,19,20). The van der Waals surface area contributed by atoms with Crippen molar-refractivity contribution in [2.24, 2.45) is 0 Å². The molecule has 1 heterocycles. The van der Waals surface area contributed by atoms with Gasteiger partial charge in [0, 0.05) is 11.4 Å². The molecular weight excluding hydrogens is 293 g/mol. The zero-order valence-electron chi connectivity index (χ0n) is 11.6. The molecule has 21 heavy (non-hydrogen) atoms. The molecule has 0 aromatic heterocycles. The largest absolute Gasteiger partial charge is 0.480 e. The van der Waals surface area contributed by atoms with Crippen LogP contribution in [0.25, 0.3) is 0 Å². The van der Waals surface area contributed by atoms with Crippen molar-refractivity contribution in [3.63, 3.8) is 0 Å². The fraction of sp³-hybridized carbons (Fsp3) is 0.333. The third kappa shape index (κ3) is 3.85. The fourth-order valence-electron chi connectivity index (χ4n) is 2.03. The van der Waals surface area contributed by atoms with E-state index in [1.807, 2.05) is 0 Å². The number of carboxylic acids is 1. The van der Waals surface area contributed by atoms with Gasteiger partial charge in [-0.15, -0.1) is 11.8 Å². The van der Waals surface area contributed by atoms with E-state index in [-0.39, 0.29) is 18.3 Å². The first-order valence-electron chi connectivity index (χ1n) is 6.61. The van der Waals surface area contributed by atoms with Crippen molar-refractivity contribution < 1.29 is 19.1 Å². The first-order valence-corrected chi connectivity index (χ1v) is 7.49. The highest BCUT2D eigenvalue weighted by molar-refractivity contribution is 8.00. The van der Waals surface area contributed by atoms with Gasteiger partial charge in [0.05, 0.1) is 12.1 Å². The number of thioether (sulfide) groups is 1. The molecule has 1 unspecified atom stereocenters. The number of carbonyl (C=O) groups excluding carboxylic acids is 1. The van der Waals surface area contributed by atoms with Crippen molar-refractivity contribution in [2.75, 3.05) is 13.1 Å². The number of carbonyl (C=O) groups is 2. The number of rotatable bonds is 4. The van der Waals surface area contributed by atoms with E-state index >= 15 is 0 Å². The topological polar surface area (TPSA) is 57.6 Å². The maximum absolute atomic E-state index is 13.3. The lowest BCUT2D eigenvalue weighted by Gasteiger charge is -2.25. The average molecular weight is 309 g/mol. The second kappa shape index (κ2) is 6.76. The Morgan fingerprint density at radius 2 is 2.10 bits per heavy atom. The molecule has 1 aromatic rings. The summed E-state index contributed by atoms with van der Waals surface area (Å²) in [6.07, 6.45) is 1.98. The molecular formula is C15H16FNO3S. The molecule has 0 saturated heterocycles. The van der Waals surface area contributed by atoms with E-state index in [4.69, 9.17) is 5.11 Å². The van der Waals surface area contributed by atoms with Gasteiger partial charge in [-0.1, -0.05) is 12.1 Å². The number of hydrogen-bond acceptors (Lipinski definition) is 3. The molecule has 0 radical (unpaired) electrons. The molecule has 6 heteroatoms. The summed E-state index contributed by atoms with van der Waals surface area (Å²) in [4.78, 5) is 25.5. The summed E-state index contributed by atoms with van der Waals surface area (Å²) in [7, 11) is 0. The minimum atomic E-state index is -0.936. The van der Waals surface area contributed by atoms with Crippen LogP contribution in [0.3, 0.4) is 0 Å². The second-order valence-electron chi connectivity index (χ2n) is 4.76. The third-order valence-electron chi connectivity index (χ3n) is 3.16. The first kappa shape index (κ1) is 15.6. The average Bonchev–Trinajstić information content (AvgIpc) is 2.47. The summed E-state index contributed by atoms with van der Waals surface area (Å²) in [5, 5.41) is 8.33. The summed E-state index contributed by atoms with van der Waals surface area (Å²) in [5.74, 6) is -1.51.